The standard InChI is InChI=1S/C11H21N3O/c1-3-13-6-4-5-10(13)7-14-8-12-9(2)11(14)15/h9-10,12H,3-8H2,1-2H3. The van der Waals surface area contributed by atoms with Gasteiger partial charge in [-0.05, 0) is 32.9 Å². The summed E-state index contributed by atoms with van der Waals surface area (Å²) in [6.45, 7) is 8.08. The van der Waals surface area contributed by atoms with Gasteiger partial charge in [0.1, 0.15) is 0 Å². The molecule has 0 aromatic rings. The van der Waals surface area contributed by atoms with E-state index in [4.69, 9.17) is 0 Å². The number of nitrogens with one attached hydrogen (secondary N) is 1. The van der Waals surface area contributed by atoms with Crippen LogP contribution in [0.1, 0.15) is 26.7 Å². The molecule has 2 unspecified atom stereocenters. The fraction of sp³-hybridized carbons (Fsp3) is 0.909. The van der Waals surface area contributed by atoms with Crippen molar-refractivity contribution in [2.45, 2.75) is 38.8 Å². The lowest BCUT2D eigenvalue weighted by Crippen LogP contribution is -2.41. The number of hydrogen-bond donors (Lipinski definition) is 1. The van der Waals surface area contributed by atoms with Gasteiger partial charge in [-0.1, -0.05) is 6.92 Å². The summed E-state index contributed by atoms with van der Waals surface area (Å²) in [7, 11) is 0. The minimum absolute atomic E-state index is 0.0153. The first-order valence-electron chi connectivity index (χ1n) is 5.98. The van der Waals surface area contributed by atoms with Crippen molar-refractivity contribution in [1.82, 2.24) is 15.1 Å². The second-order valence-electron chi connectivity index (χ2n) is 4.57. The fourth-order valence-corrected chi connectivity index (χ4v) is 2.61. The van der Waals surface area contributed by atoms with Gasteiger partial charge in [0, 0.05) is 12.6 Å². The molecular formula is C11H21N3O. The minimum Gasteiger partial charge on any atom is -0.327 e. The molecule has 1 N–H and O–H groups in total. The van der Waals surface area contributed by atoms with Crippen molar-refractivity contribution in [2.75, 3.05) is 26.3 Å². The number of carbonyl (C=O) groups excluding carboxylic acids is 1. The molecule has 0 spiro atoms. The molecular weight excluding hydrogens is 190 g/mol. The first kappa shape index (κ1) is 10.9. The van der Waals surface area contributed by atoms with Gasteiger partial charge in [-0.3, -0.25) is 15.0 Å². The molecule has 2 heterocycles. The monoisotopic (exact) mass is 211 g/mol. The lowest BCUT2D eigenvalue weighted by Gasteiger charge is -2.27. The molecule has 0 aromatic carbocycles. The number of rotatable bonds is 3. The van der Waals surface area contributed by atoms with E-state index in [1.807, 2.05) is 11.8 Å². The molecule has 2 aliphatic rings. The van der Waals surface area contributed by atoms with Gasteiger partial charge in [0.25, 0.3) is 0 Å². The summed E-state index contributed by atoms with van der Waals surface area (Å²) >= 11 is 0. The first-order chi connectivity index (χ1) is 7.22. The van der Waals surface area contributed by atoms with Crippen LogP contribution in [0.2, 0.25) is 0 Å². The van der Waals surface area contributed by atoms with E-state index in [2.05, 4.69) is 17.1 Å². The Morgan fingerprint density at radius 1 is 1.53 bits per heavy atom. The summed E-state index contributed by atoms with van der Waals surface area (Å²) in [6.07, 6.45) is 2.52. The van der Waals surface area contributed by atoms with Crippen molar-refractivity contribution in [3.8, 4) is 0 Å². The highest BCUT2D eigenvalue weighted by molar-refractivity contribution is 5.83. The average molecular weight is 211 g/mol. The molecule has 2 atom stereocenters. The molecule has 0 saturated carbocycles. The first-order valence-corrected chi connectivity index (χ1v) is 5.98. The van der Waals surface area contributed by atoms with Gasteiger partial charge < -0.3 is 4.90 Å². The van der Waals surface area contributed by atoms with Crippen LogP contribution in [0.15, 0.2) is 0 Å². The second kappa shape index (κ2) is 4.49. The SMILES string of the molecule is CCN1CCCC1CN1CNC(C)C1=O. The topological polar surface area (TPSA) is 35.6 Å². The Morgan fingerprint density at radius 3 is 2.93 bits per heavy atom. The van der Waals surface area contributed by atoms with Crippen LogP contribution in [0.4, 0.5) is 0 Å². The summed E-state index contributed by atoms with van der Waals surface area (Å²) in [6, 6.07) is 0.604. The van der Waals surface area contributed by atoms with Crippen LogP contribution < -0.4 is 5.32 Å². The average Bonchev–Trinajstić information content (AvgIpc) is 2.80. The smallest absolute Gasteiger partial charge is 0.240 e. The quantitative estimate of drug-likeness (QED) is 0.727. The highest BCUT2D eigenvalue weighted by Gasteiger charge is 2.32. The van der Waals surface area contributed by atoms with Crippen LogP contribution in [0.3, 0.4) is 0 Å². The van der Waals surface area contributed by atoms with E-state index in [1.165, 1.54) is 19.4 Å². The second-order valence-corrected chi connectivity index (χ2v) is 4.57. The summed E-state index contributed by atoms with van der Waals surface area (Å²) in [5.74, 6) is 0.262. The van der Waals surface area contributed by atoms with Crippen molar-refractivity contribution < 1.29 is 4.79 Å². The van der Waals surface area contributed by atoms with Crippen molar-refractivity contribution in [3.05, 3.63) is 0 Å². The van der Waals surface area contributed by atoms with Gasteiger partial charge in [0.15, 0.2) is 0 Å². The van der Waals surface area contributed by atoms with E-state index >= 15 is 0 Å². The largest absolute Gasteiger partial charge is 0.327 e. The van der Waals surface area contributed by atoms with Crippen LogP contribution in [0.5, 0.6) is 0 Å². The highest BCUT2D eigenvalue weighted by Crippen LogP contribution is 2.18. The fourth-order valence-electron chi connectivity index (χ4n) is 2.61. The van der Waals surface area contributed by atoms with Crippen molar-refractivity contribution >= 4 is 5.91 Å². The van der Waals surface area contributed by atoms with Crippen LogP contribution in [-0.2, 0) is 4.79 Å². The normalized spacial score (nSPS) is 32.9. The molecule has 0 bridgehead atoms. The molecule has 2 rings (SSSR count). The lowest BCUT2D eigenvalue weighted by molar-refractivity contribution is -0.129. The van der Waals surface area contributed by atoms with Crippen LogP contribution >= 0.6 is 0 Å². The summed E-state index contributed by atoms with van der Waals surface area (Å²) < 4.78 is 0. The number of hydrogen-bond acceptors (Lipinski definition) is 3. The van der Waals surface area contributed by atoms with E-state index in [0.717, 1.165) is 19.8 Å². The van der Waals surface area contributed by atoms with Gasteiger partial charge in [0.05, 0.1) is 12.7 Å². The maximum atomic E-state index is 11.7. The van der Waals surface area contributed by atoms with E-state index < -0.39 is 0 Å². The van der Waals surface area contributed by atoms with Gasteiger partial charge in [-0.25, -0.2) is 0 Å². The number of nitrogens with zero attached hydrogens (tertiary/aromatic N) is 2. The molecule has 15 heavy (non-hydrogen) atoms. The summed E-state index contributed by atoms with van der Waals surface area (Å²) in [5.41, 5.74) is 0. The summed E-state index contributed by atoms with van der Waals surface area (Å²) in [5, 5.41) is 3.18. The maximum Gasteiger partial charge on any atom is 0.240 e. The Kier molecular flexibility index (Phi) is 3.26. The van der Waals surface area contributed by atoms with Crippen LogP contribution in [0.25, 0.3) is 0 Å². The zero-order chi connectivity index (χ0) is 10.8. The van der Waals surface area contributed by atoms with E-state index in [9.17, 15) is 4.79 Å². The maximum absolute atomic E-state index is 11.7. The predicted molar refractivity (Wildman–Crippen MR) is 59.4 cm³/mol. The Hall–Kier alpha value is -0.610. The third-order valence-electron chi connectivity index (χ3n) is 3.61. The van der Waals surface area contributed by atoms with Crippen molar-refractivity contribution in [1.29, 1.82) is 0 Å². The van der Waals surface area contributed by atoms with Gasteiger partial charge >= 0.3 is 0 Å². The Labute approximate surface area is 91.6 Å². The zero-order valence-electron chi connectivity index (χ0n) is 9.70. The Morgan fingerprint density at radius 2 is 2.33 bits per heavy atom. The van der Waals surface area contributed by atoms with Crippen LogP contribution in [0, 0.1) is 0 Å². The van der Waals surface area contributed by atoms with E-state index in [-0.39, 0.29) is 11.9 Å². The number of likely N-dealkylation sites (tertiary alicyclic amines) is 1. The van der Waals surface area contributed by atoms with Gasteiger partial charge in [-0.2, -0.15) is 0 Å². The number of amides is 1. The number of likely N-dealkylation sites (N-methyl/N-ethyl adjacent to an activating group) is 1. The van der Waals surface area contributed by atoms with Crippen molar-refractivity contribution in [2.24, 2.45) is 0 Å². The third-order valence-corrected chi connectivity index (χ3v) is 3.61. The minimum atomic E-state index is 0.0153. The zero-order valence-corrected chi connectivity index (χ0v) is 9.70. The molecule has 86 valence electrons. The third kappa shape index (κ3) is 2.16. The molecule has 4 nitrogen and oxygen atoms in total. The Bertz CT molecular complexity index is 244. The summed E-state index contributed by atoms with van der Waals surface area (Å²) in [4.78, 5) is 16.2. The van der Waals surface area contributed by atoms with Crippen LogP contribution in [-0.4, -0.2) is 54.1 Å². The van der Waals surface area contributed by atoms with Gasteiger partial charge in [0.2, 0.25) is 5.91 Å². The lowest BCUT2D eigenvalue weighted by atomic mass is 10.2. The molecule has 2 aliphatic heterocycles. The molecule has 0 aliphatic carbocycles. The van der Waals surface area contributed by atoms with Crippen molar-refractivity contribution in [3.63, 3.8) is 0 Å². The van der Waals surface area contributed by atoms with E-state index in [1.54, 1.807) is 0 Å². The molecule has 2 fully saturated rings. The molecule has 2 saturated heterocycles. The molecule has 0 aromatic heterocycles. The molecule has 4 heteroatoms. The highest BCUT2D eigenvalue weighted by atomic mass is 16.2. The van der Waals surface area contributed by atoms with E-state index in [0.29, 0.717) is 6.04 Å². The Balaban J connectivity index is 1.89. The number of carbonyl (C=O) groups is 1. The predicted octanol–water partition coefficient (Wildman–Crippen LogP) is 0.248. The molecule has 1 amide bonds. The molecule has 0 radical (unpaired) electrons. The van der Waals surface area contributed by atoms with Gasteiger partial charge in [-0.15, -0.1) is 0 Å².